The molecule has 1 heterocycles. The van der Waals surface area contributed by atoms with E-state index in [1.807, 2.05) is 6.20 Å². The molecule has 0 aromatic heterocycles. The highest BCUT2D eigenvalue weighted by atomic mass is 32.2. The van der Waals surface area contributed by atoms with Crippen LogP contribution in [-0.4, -0.2) is 31.3 Å². The Morgan fingerprint density at radius 1 is 1.42 bits per heavy atom. The molecule has 0 saturated carbocycles. The molecule has 1 aliphatic heterocycles. The lowest BCUT2D eigenvalue weighted by atomic mass is 10.1. The maximum atomic E-state index is 8.56. The van der Waals surface area contributed by atoms with Crippen LogP contribution in [0.15, 0.2) is 12.8 Å². The number of hydrogen-bond acceptors (Lipinski definition) is 3. The third-order valence-electron chi connectivity index (χ3n) is 1.65. The van der Waals surface area contributed by atoms with Gasteiger partial charge in [-0.2, -0.15) is 0 Å². The summed E-state index contributed by atoms with van der Waals surface area (Å²) < 4.78 is 24.1. The molecule has 5 heteroatoms. The van der Waals surface area contributed by atoms with Gasteiger partial charge in [0.05, 0.1) is 11.4 Å². The van der Waals surface area contributed by atoms with Gasteiger partial charge in [0.25, 0.3) is 0 Å². The number of likely N-dealkylation sites (tertiary alicyclic amines) is 1. The maximum Gasteiger partial charge on any atom is 0.0814 e. The van der Waals surface area contributed by atoms with Gasteiger partial charge >= 0.3 is 0 Å². The Morgan fingerprint density at radius 2 is 1.83 bits per heavy atom. The first-order valence-electron chi connectivity index (χ1n) is 3.81. The van der Waals surface area contributed by atoms with Gasteiger partial charge in [-0.05, 0) is 25.5 Å². The minimum Gasteiger partial charge on any atom is -0.750 e. The minimum absolute atomic E-state index is 1.23. The fourth-order valence-electron chi connectivity index (χ4n) is 1.10. The molecule has 0 aliphatic carbocycles. The second-order valence-corrected chi connectivity index (χ2v) is 2.93. The van der Waals surface area contributed by atoms with E-state index in [1.165, 1.54) is 32.4 Å². The van der Waals surface area contributed by atoms with Crippen LogP contribution in [0.25, 0.3) is 0 Å². The second-order valence-electron chi connectivity index (χ2n) is 2.50. The van der Waals surface area contributed by atoms with Gasteiger partial charge in [0.1, 0.15) is 0 Å². The summed E-state index contributed by atoms with van der Waals surface area (Å²) in [5.74, 6) is 0. The molecule has 1 saturated heterocycles. The van der Waals surface area contributed by atoms with Crippen LogP contribution in [0.5, 0.6) is 0 Å². The fraction of sp³-hybridized carbons (Fsp3) is 0.714. The molecule has 0 aromatic rings. The molecule has 1 aliphatic rings. The zero-order valence-corrected chi connectivity index (χ0v) is 7.76. The van der Waals surface area contributed by atoms with Gasteiger partial charge in [0.15, 0.2) is 0 Å². The molecule has 1 fully saturated rings. The molecule has 1 N–H and O–H groups in total. The van der Waals surface area contributed by atoms with E-state index in [4.69, 9.17) is 13.3 Å². The summed E-state index contributed by atoms with van der Waals surface area (Å²) in [6, 6.07) is 0. The summed E-state index contributed by atoms with van der Waals surface area (Å²) in [6.07, 6.45) is 6.06. The van der Waals surface area contributed by atoms with Crippen LogP contribution < -0.4 is 0 Å². The van der Waals surface area contributed by atoms with Crippen LogP contribution in [0.3, 0.4) is 0 Å². The van der Waals surface area contributed by atoms with Crippen molar-refractivity contribution in [3.8, 4) is 0 Å². The largest absolute Gasteiger partial charge is 0.750 e. The number of piperidine rings is 1. The Morgan fingerprint density at radius 3 is 2.08 bits per heavy atom. The lowest BCUT2D eigenvalue weighted by Gasteiger charge is -2.23. The van der Waals surface area contributed by atoms with Crippen molar-refractivity contribution in [2.45, 2.75) is 19.3 Å². The number of rotatable bonds is 1. The van der Waals surface area contributed by atoms with E-state index in [0.29, 0.717) is 0 Å². The van der Waals surface area contributed by atoms with E-state index in [1.54, 1.807) is 0 Å². The average molecular weight is 192 g/mol. The highest BCUT2D eigenvalue weighted by molar-refractivity contribution is 7.73. The summed E-state index contributed by atoms with van der Waals surface area (Å²) in [7, 11) is 0. The second kappa shape index (κ2) is 7.27. The van der Waals surface area contributed by atoms with Crippen molar-refractivity contribution in [1.29, 1.82) is 0 Å². The van der Waals surface area contributed by atoms with E-state index < -0.39 is 11.4 Å². The Labute approximate surface area is 75.4 Å². The standard InChI is InChI=1S/C7H13N.H2O3S/c1-2-8-6-4-3-5-7-8;1-4(2)3/h2H,1,3-7H2;(H2,1,2,3)/p-1. The van der Waals surface area contributed by atoms with E-state index >= 15 is 0 Å². The molecule has 0 radical (unpaired) electrons. The van der Waals surface area contributed by atoms with Gasteiger partial charge < -0.3 is 14.0 Å². The molecule has 4 nitrogen and oxygen atoms in total. The van der Waals surface area contributed by atoms with Gasteiger partial charge in [0, 0.05) is 13.1 Å². The topological polar surface area (TPSA) is 63.6 Å². The fourth-order valence-corrected chi connectivity index (χ4v) is 1.10. The highest BCUT2D eigenvalue weighted by Crippen LogP contribution is 2.07. The smallest absolute Gasteiger partial charge is 0.0814 e. The van der Waals surface area contributed by atoms with Gasteiger partial charge in [-0.1, -0.05) is 6.58 Å². The van der Waals surface area contributed by atoms with Gasteiger partial charge in [-0.3, -0.25) is 0 Å². The molecule has 12 heavy (non-hydrogen) atoms. The summed E-state index contributed by atoms with van der Waals surface area (Å²) in [5.41, 5.74) is 0. The van der Waals surface area contributed by atoms with Gasteiger partial charge in [0.2, 0.25) is 0 Å². The molecule has 0 amide bonds. The number of hydrogen-bond donors (Lipinski definition) is 1. The molecule has 0 spiro atoms. The van der Waals surface area contributed by atoms with Crippen molar-refractivity contribution in [3.63, 3.8) is 0 Å². The van der Waals surface area contributed by atoms with Crippen molar-refractivity contribution in [1.82, 2.24) is 4.90 Å². The zero-order valence-electron chi connectivity index (χ0n) is 6.94. The third-order valence-corrected chi connectivity index (χ3v) is 1.65. The molecule has 1 unspecified atom stereocenters. The Bertz CT molecular complexity index is 142. The summed E-state index contributed by atoms with van der Waals surface area (Å²) in [6.45, 7) is 6.16. The van der Waals surface area contributed by atoms with Crippen LogP contribution in [0, 0.1) is 0 Å². The number of nitrogens with zero attached hydrogens (tertiary/aromatic N) is 1. The maximum absolute atomic E-state index is 8.56. The van der Waals surface area contributed by atoms with E-state index in [0.717, 1.165) is 0 Å². The van der Waals surface area contributed by atoms with Crippen molar-refractivity contribution in [3.05, 3.63) is 12.8 Å². The molecule has 1 rings (SSSR count). The Balaban J connectivity index is 0.000000261. The van der Waals surface area contributed by atoms with E-state index in [2.05, 4.69) is 11.5 Å². The predicted molar refractivity (Wildman–Crippen MR) is 47.2 cm³/mol. The summed E-state index contributed by atoms with van der Waals surface area (Å²) in [4.78, 5) is 2.28. The Kier molecular flexibility index (Phi) is 7.03. The van der Waals surface area contributed by atoms with E-state index in [9.17, 15) is 0 Å². The van der Waals surface area contributed by atoms with Crippen LogP contribution in [0.2, 0.25) is 0 Å². The lowest BCUT2D eigenvalue weighted by molar-refractivity contribution is 0.310. The molecular formula is C7H14NO3S-. The van der Waals surface area contributed by atoms with Gasteiger partial charge in [-0.25, -0.2) is 4.21 Å². The molecule has 72 valence electrons. The first-order valence-corrected chi connectivity index (χ1v) is 4.85. The van der Waals surface area contributed by atoms with Crippen molar-refractivity contribution in [2.75, 3.05) is 13.1 Å². The highest BCUT2D eigenvalue weighted by Gasteiger charge is 2.02. The third kappa shape index (κ3) is 7.71. The summed E-state index contributed by atoms with van der Waals surface area (Å²) >= 11 is -2.86. The van der Waals surface area contributed by atoms with Crippen LogP contribution >= 0.6 is 0 Å². The molecule has 0 aromatic carbocycles. The van der Waals surface area contributed by atoms with Crippen LogP contribution in [-0.2, 0) is 11.4 Å². The lowest BCUT2D eigenvalue weighted by Crippen LogP contribution is -2.23. The predicted octanol–water partition coefficient (Wildman–Crippen LogP) is 0.954. The molecular weight excluding hydrogens is 178 g/mol. The normalized spacial score (nSPS) is 19.0. The van der Waals surface area contributed by atoms with E-state index in [-0.39, 0.29) is 0 Å². The monoisotopic (exact) mass is 192 g/mol. The van der Waals surface area contributed by atoms with Crippen molar-refractivity contribution < 1.29 is 13.3 Å². The van der Waals surface area contributed by atoms with Crippen LogP contribution in [0.4, 0.5) is 0 Å². The van der Waals surface area contributed by atoms with Crippen LogP contribution in [0.1, 0.15) is 19.3 Å². The molecule has 1 atom stereocenters. The first-order chi connectivity index (χ1) is 5.66. The zero-order chi connectivity index (χ0) is 9.40. The first kappa shape index (κ1) is 11.6. The molecule has 0 bridgehead atoms. The average Bonchev–Trinajstić information content (AvgIpc) is 2.05. The van der Waals surface area contributed by atoms with Crippen molar-refractivity contribution in [2.24, 2.45) is 0 Å². The SMILES string of the molecule is C=CN1CCCCC1.O=S([O-])O. The van der Waals surface area contributed by atoms with Crippen molar-refractivity contribution >= 4 is 11.4 Å². The quantitative estimate of drug-likeness (QED) is 0.628. The minimum atomic E-state index is -2.86. The Hall–Kier alpha value is -0.390. The summed E-state index contributed by atoms with van der Waals surface area (Å²) in [5, 5.41) is 0. The van der Waals surface area contributed by atoms with Gasteiger partial charge in [-0.15, -0.1) is 0 Å².